The molecule has 3 nitrogen and oxygen atoms in total. The Bertz CT molecular complexity index is 396. The van der Waals surface area contributed by atoms with Crippen LogP contribution in [0.4, 0.5) is 0 Å². The lowest BCUT2D eigenvalue weighted by atomic mass is 9.92. The lowest BCUT2D eigenvalue weighted by Crippen LogP contribution is -2.20. The van der Waals surface area contributed by atoms with Gasteiger partial charge in [0.25, 0.3) is 0 Å². The second-order valence-corrected chi connectivity index (χ2v) is 5.97. The molecule has 1 N–H and O–H groups in total. The molecule has 0 unspecified atom stereocenters. The van der Waals surface area contributed by atoms with Crippen LogP contribution in [0.5, 0.6) is 11.5 Å². The summed E-state index contributed by atoms with van der Waals surface area (Å²) in [5, 5.41) is 3.47. The third-order valence-electron chi connectivity index (χ3n) is 2.99. The highest BCUT2D eigenvalue weighted by Gasteiger charge is 2.12. The number of benzene rings is 1. The maximum absolute atomic E-state index is 5.57. The summed E-state index contributed by atoms with van der Waals surface area (Å²) in [6.07, 6.45) is 1.18. The van der Waals surface area contributed by atoms with Crippen molar-refractivity contribution in [1.29, 1.82) is 0 Å². The first-order chi connectivity index (χ1) is 8.54. The molecular weight excluding hydrogens is 226 g/mol. The van der Waals surface area contributed by atoms with Crippen molar-refractivity contribution in [3.63, 3.8) is 0 Å². The predicted molar refractivity (Wildman–Crippen MR) is 73.2 cm³/mol. The fraction of sp³-hybridized carbons (Fsp3) is 0.600. The molecule has 100 valence electrons. The topological polar surface area (TPSA) is 30.5 Å². The average molecular weight is 249 g/mol. The van der Waals surface area contributed by atoms with Gasteiger partial charge in [-0.1, -0.05) is 26.8 Å². The van der Waals surface area contributed by atoms with Crippen molar-refractivity contribution in [3.05, 3.63) is 23.8 Å². The van der Waals surface area contributed by atoms with Gasteiger partial charge in [0, 0.05) is 6.54 Å². The van der Waals surface area contributed by atoms with Crippen molar-refractivity contribution in [2.75, 3.05) is 19.8 Å². The second kappa shape index (κ2) is 5.61. The molecule has 0 atom stereocenters. The Kier molecular flexibility index (Phi) is 4.12. The molecule has 1 aromatic rings. The summed E-state index contributed by atoms with van der Waals surface area (Å²) in [6, 6.07) is 6.16. The van der Waals surface area contributed by atoms with E-state index in [0.717, 1.165) is 24.6 Å². The van der Waals surface area contributed by atoms with Crippen LogP contribution in [0, 0.1) is 5.41 Å². The quantitative estimate of drug-likeness (QED) is 0.832. The second-order valence-electron chi connectivity index (χ2n) is 5.97. The Morgan fingerprint density at radius 1 is 1.11 bits per heavy atom. The smallest absolute Gasteiger partial charge is 0.161 e. The summed E-state index contributed by atoms with van der Waals surface area (Å²) < 4.78 is 11.1. The molecule has 0 aromatic heterocycles. The largest absolute Gasteiger partial charge is 0.486 e. The van der Waals surface area contributed by atoms with E-state index in [2.05, 4.69) is 38.2 Å². The van der Waals surface area contributed by atoms with E-state index in [1.807, 2.05) is 6.07 Å². The van der Waals surface area contributed by atoms with Gasteiger partial charge in [0.2, 0.25) is 0 Å². The van der Waals surface area contributed by atoms with E-state index >= 15 is 0 Å². The molecule has 0 spiro atoms. The molecule has 0 fully saturated rings. The Morgan fingerprint density at radius 3 is 2.56 bits per heavy atom. The number of hydrogen-bond acceptors (Lipinski definition) is 3. The molecule has 1 heterocycles. The van der Waals surface area contributed by atoms with Crippen molar-refractivity contribution >= 4 is 0 Å². The zero-order chi connectivity index (χ0) is 13.0. The van der Waals surface area contributed by atoms with E-state index < -0.39 is 0 Å². The average Bonchev–Trinajstić information content (AvgIpc) is 2.33. The van der Waals surface area contributed by atoms with E-state index in [4.69, 9.17) is 9.47 Å². The van der Waals surface area contributed by atoms with Crippen LogP contribution in [-0.2, 0) is 6.54 Å². The van der Waals surface area contributed by atoms with Crippen LogP contribution < -0.4 is 14.8 Å². The monoisotopic (exact) mass is 249 g/mol. The Balaban J connectivity index is 1.83. The molecule has 0 radical (unpaired) electrons. The van der Waals surface area contributed by atoms with Crippen LogP contribution in [0.2, 0.25) is 0 Å². The van der Waals surface area contributed by atoms with Crippen molar-refractivity contribution in [3.8, 4) is 11.5 Å². The molecule has 1 aromatic carbocycles. The summed E-state index contributed by atoms with van der Waals surface area (Å²) in [5.74, 6) is 1.73. The van der Waals surface area contributed by atoms with Crippen LogP contribution in [0.3, 0.4) is 0 Å². The maximum atomic E-state index is 5.57. The maximum Gasteiger partial charge on any atom is 0.161 e. The first kappa shape index (κ1) is 13.2. The highest BCUT2D eigenvalue weighted by Crippen LogP contribution is 2.30. The highest BCUT2D eigenvalue weighted by molar-refractivity contribution is 5.43. The predicted octanol–water partition coefficient (Wildman–Crippen LogP) is 2.98. The molecule has 0 amide bonds. The van der Waals surface area contributed by atoms with Crippen LogP contribution in [-0.4, -0.2) is 19.8 Å². The van der Waals surface area contributed by atoms with Crippen molar-refractivity contribution < 1.29 is 9.47 Å². The van der Waals surface area contributed by atoms with E-state index in [1.165, 1.54) is 12.0 Å². The normalized spacial score (nSPS) is 14.6. The Hall–Kier alpha value is -1.22. The summed E-state index contributed by atoms with van der Waals surface area (Å²) >= 11 is 0. The lowest BCUT2D eigenvalue weighted by molar-refractivity contribution is 0.171. The van der Waals surface area contributed by atoms with Crippen LogP contribution in [0.15, 0.2) is 18.2 Å². The third kappa shape index (κ3) is 3.91. The standard InChI is InChI=1S/C15H23NO2/c1-15(2,3)6-7-16-11-12-4-5-13-14(10-12)18-9-8-17-13/h4-5,10,16H,6-9,11H2,1-3H3. The zero-order valence-electron chi connectivity index (χ0n) is 11.6. The summed E-state index contributed by atoms with van der Waals surface area (Å²) in [7, 11) is 0. The van der Waals surface area contributed by atoms with Crippen LogP contribution >= 0.6 is 0 Å². The zero-order valence-corrected chi connectivity index (χ0v) is 11.6. The number of fused-ring (bicyclic) bond motifs is 1. The van der Waals surface area contributed by atoms with Crippen molar-refractivity contribution in [2.24, 2.45) is 5.41 Å². The van der Waals surface area contributed by atoms with Gasteiger partial charge in [-0.3, -0.25) is 0 Å². The molecule has 3 heteroatoms. The van der Waals surface area contributed by atoms with Gasteiger partial charge in [0.15, 0.2) is 11.5 Å². The third-order valence-corrected chi connectivity index (χ3v) is 2.99. The molecule has 0 saturated carbocycles. The van der Waals surface area contributed by atoms with Gasteiger partial charge >= 0.3 is 0 Å². The van der Waals surface area contributed by atoms with Gasteiger partial charge < -0.3 is 14.8 Å². The number of rotatable bonds is 4. The van der Waals surface area contributed by atoms with Gasteiger partial charge in [0.05, 0.1) is 0 Å². The molecule has 1 aliphatic rings. The van der Waals surface area contributed by atoms with Crippen LogP contribution in [0.25, 0.3) is 0 Å². The summed E-state index contributed by atoms with van der Waals surface area (Å²) in [4.78, 5) is 0. The molecule has 2 rings (SSSR count). The van der Waals surface area contributed by atoms with Gasteiger partial charge in [-0.25, -0.2) is 0 Å². The fourth-order valence-corrected chi connectivity index (χ4v) is 1.89. The molecule has 0 saturated heterocycles. The van der Waals surface area contributed by atoms with Gasteiger partial charge in [-0.2, -0.15) is 0 Å². The first-order valence-corrected chi connectivity index (χ1v) is 6.64. The van der Waals surface area contributed by atoms with Gasteiger partial charge in [-0.05, 0) is 36.1 Å². The first-order valence-electron chi connectivity index (χ1n) is 6.64. The molecule has 1 aliphatic heterocycles. The van der Waals surface area contributed by atoms with E-state index in [9.17, 15) is 0 Å². The SMILES string of the molecule is CC(C)(C)CCNCc1ccc2c(c1)OCCO2. The van der Waals surface area contributed by atoms with Crippen molar-refractivity contribution in [2.45, 2.75) is 33.7 Å². The minimum atomic E-state index is 0.389. The fourth-order valence-electron chi connectivity index (χ4n) is 1.89. The van der Waals surface area contributed by atoms with Gasteiger partial charge in [0.1, 0.15) is 13.2 Å². The highest BCUT2D eigenvalue weighted by atomic mass is 16.6. The van der Waals surface area contributed by atoms with Gasteiger partial charge in [-0.15, -0.1) is 0 Å². The van der Waals surface area contributed by atoms with E-state index in [-0.39, 0.29) is 0 Å². The van der Waals surface area contributed by atoms with Crippen molar-refractivity contribution in [1.82, 2.24) is 5.32 Å². The molecule has 0 bridgehead atoms. The summed E-state index contributed by atoms with van der Waals surface area (Å²) in [5.41, 5.74) is 1.63. The Morgan fingerprint density at radius 2 is 1.83 bits per heavy atom. The lowest BCUT2D eigenvalue weighted by Gasteiger charge is -2.20. The number of nitrogens with one attached hydrogen (secondary N) is 1. The summed E-state index contributed by atoms with van der Waals surface area (Å²) in [6.45, 7) is 10.0. The minimum Gasteiger partial charge on any atom is -0.486 e. The molecule has 18 heavy (non-hydrogen) atoms. The van der Waals surface area contributed by atoms with Crippen LogP contribution in [0.1, 0.15) is 32.8 Å². The Labute approximate surface area is 109 Å². The minimum absolute atomic E-state index is 0.389. The van der Waals surface area contributed by atoms with E-state index in [1.54, 1.807) is 0 Å². The molecular formula is C15H23NO2. The molecule has 0 aliphatic carbocycles. The number of hydrogen-bond donors (Lipinski definition) is 1. The number of ether oxygens (including phenoxy) is 2. The van der Waals surface area contributed by atoms with E-state index in [0.29, 0.717) is 18.6 Å².